The fourth-order valence-electron chi connectivity index (χ4n) is 3.48. The highest BCUT2D eigenvalue weighted by Crippen LogP contribution is 2.35. The lowest BCUT2D eigenvalue weighted by molar-refractivity contribution is 0.143. The fourth-order valence-corrected chi connectivity index (χ4v) is 3.48. The van der Waals surface area contributed by atoms with Gasteiger partial charge >= 0.3 is 0 Å². The lowest BCUT2D eigenvalue weighted by atomic mass is 9.93. The van der Waals surface area contributed by atoms with Gasteiger partial charge in [0, 0.05) is 18.6 Å². The predicted molar refractivity (Wildman–Crippen MR) is 58.1 cm³/mol. The standard InChI is InChI=1S/C12H18N2O/c15-8-11-12-6-9(13-11)7-14(12)10-4-2-1-3-5-10/h9-10,12-13H,1-7H2/t9-,12-/m1/s1. The molecule has 82 valence electrons. The Labute approximate surface area is 90.5 Å². The molecule has 0 unspecified atom stereocenters. The molecular weight excluding hydrogens is 188 g/mol. The van der Waals surface area contributed by atoms with Gasteiger partial charge in [0.1, 0.15) is 11.6 Å². The molecule has 1 aliphatic carbocycles. The summed E-state index contributed by atoms with van der Waals surface area (Å²) in [7, 11) is 0. The van der Waals surface area contributed by atoms with E-state index in [1.807, 2.05) is 0 Å². The van der Waals surface area contributed by atoms with Crippen molar-refractivity contribution in [3.8, 4) is 0 Å². The molecule has 0 amide bonds. The third kappa shape index (κ3) is 1.51. The molecular formula is C12H18N2O. The van der Waals surface area contributed by atoms with Gasteiger partial charge in [0.15, 0.2) is 0 Å². The van der Waals surface area contributed by atoms with Crippen LogP contribution in [0.2, 0.25) is 0 Å². The Morgan fingerprint density at radius 2 is 2.07 bits per heavy atom. The van der Waals surface area contributed by atoms with Gasteiger partial charge in [0.25, 0.3) is 0 Å². The molecule has 0 aromatic carbocycles. The summed E-state index contributed by atoms with van der Waals surface area (Å²) in [6, 6.07) is 1.63. The van der Waals surface area contributed by atoms with Gasteiger partial charge in [-0.2, -0.15) is 0 Å². The Morgan fingerprint density at radius 1 is 1.27 bits per heavy atom. The smallest absolute Gasteiger partial charge is 0.147 e. The van der Waals surface area contributed by atoms with Crippen LogP contribution in [-0.4, -0.2) is 35.5 Å². The van der Waals surface area contributed by atoms with Crippen LogP contribution in [-0.2, 0) is 4.79 Å². The van der Waals surface area contributed by atoms with Gasteiger partial charge in [-0.15, -0.1) is 0 Å². The van der Waals surface area contributed by atoms with Crippen LogP contribution in [0.1, 0.15) is 38.5 Å². The maximum Gasteiger partial charge on any atom is 0.147 e. The molecule has 15 heavy (non-hydrogen) atoms. The normalized spacial score (nSPS) is 36.7. The van der Waals surface area contributed by atoms with Crippen LogP contribution in [0.15, 0.2) is 5.70 Å². The zero-order valence-electron chi connectivity index (χ0n) is 9.04. The van der Waals surface area contributed by atoms with Gasteiger partial charge in [-0.3, -0.25) is 4.90 Å². The van der Waals surface area contributed by atoms with E-state index in [2.05, 4.69) is 16.2 Å². The summed E-state index contributed by atoms with van der Waals surface area (Å²) < 4.78 is 0. The molecule has 2 atom stereocenters. The van der Waals surface area contributed by atoms with Crippen LogP contribution in [0.3, 0.4) is 0 Å². The Kier molecular flexibility index (Phi) is 2.30. The zero-order chi connectivity index (χ0) is 10.3. The van der Waals surface area contributed by atoms with E-state index < -0.39 is 0 Å². The van der Waals surface area contributed by atoms with Gasteiger partial charge in [-0.25, -0.2) is 4.79 Å². The van der Waals surface area contributed by atoms with Crippen molar-refractivity contribution in [3.05, 3.63) is 5.70 Å². The zero-order valence-corrected chi connectivity index (χ0v) is 9.04. The highest BCUT2D eigenvalue weighted by molar-refractivity contribution is 5.56. The van der Waals surface area contributed by atoms with Gasteiger partial charge in [0.2, 0.25) is 0 Å². The van der Waals surface area contributed by atoms with E-state index in [9.17, 15) is 4.79 Å². The number of nitrogens with zero attached hydrogens (tertiary/aromatic N) is 1. The van der Waals surface area contributed by atoms with E-state index in [0.717, 1.165) is 24.7 Å². The van der Waals surface area contributed by atoms with E-state index >= 15 is 0 Å². The van der Waals surface area contributed by atoms with Crippen molar-refractivity contribution in [2.45, 2.75) is 56.7 Å². The molecule has 2 saturated heterocycles. The van der Waals surface area contributed by atoms with E-state index in [1.54, 1.807) is 0 Å². The molecule has 3 aliphatic rings. The Balaban J connectivity index is 1.75. The van der Waals surface area contributed by atoms with Gasteiger partial charge in [-0.1, -0.05) is 19.3 Å². The number of rotatable bonds is 1. The minimum absolute atomic E-state index is 0.371. The third-order valence-electron chi connectivity index (χ3n) is 4.19. The van der Waals surface area contributed by atoms with Crippen LogP contribution < -0.4 is 5.32 Å². The second kappa shape index (κ2) is 3.66. The highest BCUT2D eigenvalue weighted by atomic mass is 16.1. The van der Waals surface area contributed by atoms with Crippen molar-refractivity contribution in [1.29, 1.82) is 0 Å². The Hall–Kier alpha value is -0.790. The first-order valence-electron chi connectivity index (χ1n) is 6.16. The molecule has 0 radical (unpaired) electrons. The monoisotopic (exact) mass is 206 g/mol. The summed E-state index contributed by atoms with van der Waals surface area (Å²) in [6.07, 6.45) is 7.91. The largest absolute Gasteiger partial charge is 0.374 e. The van der Waals surface area contributed by atoms with Crippen molar-refractivity contribution < 1.29 is 4.79 Å². The number of likely N-dealkylation sites (tertiary alicyclic amines) is 1. The topological polar surface area (TPSA) is 32.3 Å². The van der Waals surface area contributed by atoms with E-state index in [1.165, 1.54) is 32.1 Å². The molecule has 0 aromatic heterocycles. The number of nitrogens with one attached hydrogen (secondary N) is 1. The van der Waals surface area contributed by atoms with Crippen LogP contribution >= 0.6 is 0 Å². The summed E-state index contributed by atoms with van der Waals surface area (Å²) in [5.41, 5.74) is 0.817. The number of carbonyl (C=O) groups excluding carboxylic acids is 1. The first-order chi connectivity index (χ1) is 7.38. The quantitative estimate of drug-likeness (QED) is 0.652. The lowest BCUT2D eigenvalue weighted by Gasteiger charge is -2.37. The Morgan fingerprint density at radius 3 is 2.73 bits per heavy atom. The van der Waals surface area contributed by atoms with Crippen molar-refractivity contribution >= 4 is 5.94 Å². The first-order valence-corrected chi connectivity index (χ1v) is 6.16. The molecule has 3 fully saturated rings. The van der Waals surface area contributed by atoms with Crippen molar-refractivity contribution in [2.24, 2.45) is 0 Å². The fraction of sp³-hybridized carbons (Fsp3) is 0.833. The molecule has 2 bridgehead atoms. The Bertz CT molecular complexity index is 303. The molecule has 2 aliphatic heterocycles. The SMILES string of the molecule is O=C=C1N[C@@H]2C[C@H]1N(C1CCCCC1)C2. The van der Waals surface area contributed by atoms with Crippen LogP contribution in [0.25, 0.3) is 0 Å². The highest BCUT2D eigenvalue weighted by Gasteiger charge is 2.44. The maximum atomic E-state index is 10.8. The minimum Gasteiger partial charge on any atom is -0.374 e. The summed E-state index contributed by atoms with van der Waals surface area (Å²) in [5.74, 6) is 2.08. The van der Waals surface area contributed by atoms with E-state index in [4.69, 9.17) is 0 Å². The second-order valence-corrected chi connectivity index (χ2v) is 5.10. The predicted octanol–water partition coefficient (Wildman–Crippen LogP) is 1.08. The number of piperazine rings is 1. The molecule has 1 N–H and O–H groups in total. The number of hydrogen-bond donors (Lipinski definition) is 1. The summed E-state index contributed by atoms with van der Waals surface area (Å²) in [6.45, 7) is 1.14. The minimum atomic E-state index is 0.371. The molecule has 3 rings (SSSR count). The summed E-state index contributed by atoms with van der Waals surface area (Å²) in [5, 5.41) is 3.26. The van der Waals surface area contributed by atoms with Gasteiger partial charge < -0.3 is 5.32 Å². The molecule has 3 nitrogen and oxygen atoms in total. The first kappa shape index (κ1) is 9.44. The van der Waals surface area contributed by atoms with E-state index in [0.29, 0.717) is 12.1 Å². The molecule has 2 heterocycles. The summed E-state index contributed by atoms with van der Waals surface area (Å²) in [4.78, 5) is 13.3. The number of hydrogen-bond acceptors (Lipinski definition) is 3. The number of fused-ring (bicyclic) bond motifs is 2. The maximum absolute atomic E-state index is 10.8. The average molecular weight is 206 g/mol. The second-order valence-electron chi connectivity index (χ2n) is 5.10. The van der Waals surface area contributed by atoms with Crippen LogP contribution in [0.4, 0.5) is 0 Å². The van der Waals surface area contributed by atoms with Crippen molar-refractivity contribution in [1.82, 2.24) is 10.2 Å². The van der Waals surface area contributed by atoms with Crippen molar-refractivity contribution in [3.63, 3.8) is 0 Å². The van der Waals surface area contributed by atoms with Gasteiger partial charge in [0.05, 0.1) is 6.04 Å². The molecule has 3 heteroatoms. The van der Waals surface area contributed by atoms with Gasteiger partial charge in [-0.05, 0) is 19.3 Å². The van der Waals surface area contributed by atoms with Crippen LogP contribution in [0.5, 0.6) is 0 Å². The van der Waals surface area contributed by atoms with Crippen molar-refractivity contribution in [2.75, 3.05) is 6.54 Å². The summed E-state index contributed by atoms with van der Waals surface area (Å²) >= 11 is 0. The van der Waals surface area contributed by atoms with Crippen LogP contribution in [0, 0.1) is 0 Å². The van der Waals surface area contributed by atoms with E-state index in [-0.39, 0.29) is 0 Å². The molecule has 1 saturated carbocycles. The lowest BCUT2D eigenvalue weighted by Crippen LogP contribution is -2.48. The molecule has 0 aromatic rings. The third-order valence-corrected chi connectivity index (χ3v) is 4.19. The molecule has 0 spiro atoms. The average Bonchev–Trinajstić information content (AvgIpc) is 2.89.